The van der Waals surface area contributed by atoms with E-state index in [9.17, 15) is 34.3 Å². The molecule has 0 unspecified atom stereocenters. The summed E-state index contributed by atoms with van der Waals surface area (Å²) in [7, 11) is 8.46. The van der Waals surface area contributed by atoms with Crippen molar-refractivity contribution < 1.29 is 38.6 Å². The predicted octanol–water partition coefficient (Wildman–Crippen LogP) is 5.38. The lowest BCUT2D eigenvalue weighted by molar-refractivity contribution is -0.149. The minimum atomic E-state index is -1.06. The Hall–Kier alpha value is -3.66. The third-order valence-electron chi connectivity index (χ3n) is 11.8. The zero-order chi connectivity index (χ0) is 41.7. The molecular formula is C43H68N4O8. The van der Waals surface area contributed by atoms with Gasteiger partial charge in [0.25, 0.3) is 0 Å². The number of aliphatic carboxylic acids is 1. The number of rotatable bonds is 23. The first-order valence-corrected chi connectivity index (χ1v) is 19.8. The number of carbonyl (C=O) groups is 5. The van der Waals surface area contributed by atoms with Crippen LogP contribution in [0.1, 0.15) is 86.1 Å². The van der Waals surface area contributed by atoms with Crippen LogP contribution in [0.4, 0.5) is 0 Å². The SMILES string of the molecule is CC[C@H](C)[C@@H]([C@@H](CC(=O)N1C[C@H](C#N)C[C@H]1[C@H](OC)[C@@H](C)C(=O)C[C@@H](Cc1ccccc1)C(=O)O)OC)N(C)C(=O)[C@@H](CC(=O)[C@H](C(C)C)N(C)C)C(C)C. The Morgan fingerprint density at radius 1 is 0.909 bits per heavy atom. The van der Waals surface area contributed by atoms with Crippen LogP contribution in [0.5, 0.6) is 0 Å². The van der Waals surface area contributed by atoms with E-state index in [4.69, 9.17) is 9.47 Å². The Bertz CT molecular complexity index is 1450. The van der Waals surface area contributed by atoms with Gasteiger partial charge in [-0.3, -0.25) is 28.9 Å². The maximum absolute atomic E-state index is 14.3. The molecule has 1 aliphatic heterocycles. The molecule has 2 rings (SSSR count). The van der Waals surface area contributed by atoms with Crippen molar-refractivity contribution in [3.05, 3.63) is 35.9 Å². The zero-order valence-corrected chi connectivity index (χ0v) is 35.4. The molecule has 0 spiro atoms. The molecular weight excluding hydrogens is 700 g/mol. The fourth-order valence-corrected chi connectivity index (χ4v) is 8.49. The topological polar surface area (TPSA) is 158 Å². The molecule has 55 heavy (non-hydrogen) atoms. The van der Waals surface area contributed by atoms with E-state index in [1.54, 1.807) is 23.8 Å². The average molecular weight is 769 g/mol. The van der Waals surface area contributed by atoms with Gasteiger partial charge >= 0.3 is 5.97 Å². The first-order valence-electron chi connectivity index (χ1n) is 19.8. The summed E-state index contributed by atoms with van der Waals surface area (Å²) >= 11 is 0. The van der Waals surface area contributed by atoms with Crippen LogP contribution in [-0.4, -0.2) is 121 Å². The van der Waals surface area contributed by atoms with Gasteiger partial charge in [0.15, 0.2) is 5.78 Å². The molecule has 1 fully saturated rings. The van der Waals surface area contributed by atoms with Gasteiger partial charge in [0.2, 0.25) is 11.8 Å². The first kappa shape index (κ1) is 47.5. The summed E-state index contributed by atoms with van der Waals surface area (Å²) in [6.45, 7) is 13.8. The van der Waals surface area contributed by atoms with E-state index in [0.717, 1.165) is 5.56 Å². The number of amides is 2. The van der Waals surface area contributed by atoms with Crippen LogP contribution in [0.25, 0.3) is 0 Å². The summed E-state index contributed by atoms with van der Waals surface area (Å²) in [5, 5.41) is 19.9. The van der Waals surface area contributed by atoms with Crippen molar-refractivity contribution in [3.8, 4) is 6.07 Å². The lowest BCUT2D eigenvalue weighted by atomic mass is 9.83. The average Bonchev–Trinajstić information content (AvgIpc) is 3.57. The van der Waals surface area contributed by atoms with Crippen LogP contribution in [-0.2, 0) is 39.9 Å². The molecule has 12 heteroatoms. The number of Topliss-reactive ketones (excluding diaryl/α,β-unsaturated/α-hetero) is 2. The van der Waals surface area contributed by atoms with E-state index in [2.05, 4.69) is 6.07 Å². The highest BCUT2D eigenvalue weighted by Gasteiger charge is 2.46. The molecule has 1 saturated heterocycles. The molecule has 1 N–H and O–H groups in total. The van der Waals surface area contributed by atoms with Crippen LogP contribution in [0.3, 0.4) is 0 Å². The van der Waals surface area contributed by atoms with Gasteiger partial charge in [-0.05, 0) is 50.3 Å². The minimum absolute atomic E-state index is 0.0150. The molecule has 10 atom stereocenters. The third-order valence-corrected chi connectivity index (χ3v) is 11.8. The van der Waals surface area contributed by atoms with Gasteiger partial charge in [-0.15, -0.1) is 0 Å². The number of hydrogen-bond donors (Lipinski definition) is 1. The normalized spacial score (nSPS) is 20.3. The number of hydrogen-bond acceptors (Lipinski definition) is 9. The molecule has 308 valence electrons. The van der Waals surface area contributed by atoms with Gasteiger partial charge in [-0.1, -0.05) is 85.2 Å². The van der Waals surface area contributed by atoms with E-state index >= 15 is 0 Å². The Balaban J connectivity index is 2.36. The van der Waals surface area contributed by atoms with Crippen molar-refractivity contribution in [2.75, 3.05) is 41.9 Å². The van der Waals surface area contributed by atoms with Gasteiger partial charge in [0, 0.05) is 52.5 Å². The Kier molecular flexibility index (Phi) is 19.1. The summed E-state index contributed by atoms with van der Waals surface area (Å²) in [5.41, 5.74) is 0.816. The quantitative estimate of drug-likeness (QED) is 0.153. The van der Waals surface area contributed by atoms with E-state index < -0.39 is 53.9 Å². The highest BCUT2D eigenvalue weighted by molar-refractivity contribution is 5.90. The molecule has 1 aromatic carbocycles. The molecule has 1 heterocycles. The second kappa shape index (κ2) is 22.2. The number of carboxylic acid groups (broad SMARTS) is 1. The maximum atomic E-state index is 14.3. The second-order valence-corrected chi connectivity index (χ2v) is 16.5. The van der Waals surface area contributed by atoms with Crippen LogP contribution in [0.2, 0.25) is 0 Å². The summed E-state index contributed by atoms with van der Waals surface area (Å²) in [6.07, 6.45) is -0.475. The number of benzene rings is 1. The minimum Gasteiger partial charge on any atom is -0.481 e. The molecule has 0 aromatic heterocycles. The maximum Gasteiger partial charge on any atom is 0.307 e. The molecule has 1 aliphatic rings. The number of likely N-dealkylation sites (tertiary alicyclic amines) is 1. The Labute approximate surface area is 329 Å². The molecule has 2 amide bonds. The van der Waals surface area contributed by atoms with Crippen molar-refractivity contribution >= 4 is 29.4 Å². The largest absolute Gasteiger partial charge is 0.481 e. The standard InChI is InChI=1S/C43H68N4O8/c1-13-28(6)40(46(10)42(51)33(26(2)3)22-36(49)39(27(4)5)45(8)9)37(54-11)23-38(50)47-25-31(24-44)20-34(47)41(55-12)29(7)35(48)21-32(43(52)53)19-30-17-15-14-16-18-30/h14-18,26-29,31-34,37,39-41H,13,19-23,25H2,1-12H3,(H,52,53)/t28-,29-,31-,32+,33-,34-,37+,39-,40-,41+/m0/s1. The third kappa shape index (κ3) is 12.7. The molecule has 0 bridgehead atoms. The number of nitriles is 1. The van der Waals surface area contributed by atoms with E-state index in [1.165, 1.54) is 14.2 Å². The number of carboxylic acids is 1. The number of ketones is 2. The fraction of sp³-hybridized carbons (Fsp3) is 0.721. The van der Waals surface area contributed by atoms with Crippen molar-refractivity contribution in [1.29, 1.82) is 5.26 Å². The van der Waals surface area contributed by atoms with E-state index in [1.807, 2.05) is 90.9 Å². The Morgan fingerprint density at radius 2 is 1.53 bits per heavy atom. The summed E-state index contributed by atoms with van der Waals surface area (Å²) in [4.78, 5) is 73.2. The molecule has 12 nitrogen and oxygen atoms in total. The van der Waals surface area contributed by atoms with Crippen molar-refractivity contribution in [1.82, 2.24) is 14.7 Å². The summed E-state index contributed by atoms with van der Waals surface area (Å²) < 4.78 is 11.9. The Morgan fingerprint density at radius 3 is 2.00 bits per heavy atom. The van der Waals surface area contributed by atoms with Crippen LogP contribution >= 0.6 is 0 Å². The van der Waals surface area contributed by atoms with Crippen LogP contribution in [0, 0.1) is 52.8 Å². The predicted molar refractivity (Wildman–Crippen MR) is 212 cm³/mol. The molecule has 0 radical (unpaired) electrons. The number of nitrogens with zero attached hydrogens (tertiary/aromatic N) is 4. The summed E-state index contributed by atoms with van der Waals surface area (Å²) in [5.74, 6) is -4.64. The zero-order valence-electron chi connectivity index (χ0n) is 35.4. The first-order chi connectivity index (χ1) is 25.8. The lowest BCUT2D eigenvalue weighted by Gasteiger charge is -2.41. The van der Waals surface area contributed by atoms with E-state index in [0.29, 0.717) is 12.8 Å². The van der Waals surface area contributed by atoms with Gasteiger partial charge in [0.05, 0.1) is 54.7 Å². The second-order valence-electron chi connectivity index (χ2n) is 16.5. The van der Waals surface area contributed by atoms with Gasteiger partial charge < -0.3 is 24.4 Å². The number of methoxy groups -OCH3 is 2. The van der Waals surface area contributed by atoms with E-state index in [-0.39, 0.29) is 79.4 Å². The highest BCUT2D eigenvalue weighted by Crippen LogP contribution is 2.33. The number of ether oxygens (including phenoxy) is 2. The summed E-state index contributed by atoms with van der Waals surface area (Å²) in [6, 6.07) is 10.0. The number of likely N-dealkylation sites (N-methyl/N-ethyl adjacent to an activating group) is 2. The van der Waals surface area contributed by atoms with Crippen molar-refractivity contribution in [3.63, 3.8) is 0 Å². The fourth-order valence-electron chi connectivity index (χ4n) is 8.49. The number of carbonyl (C=O) groups excluding carboxylic acids is 4. The monoisotopic (exact) mass is 769 g/mol. The smallest absolute Gasteiger partial charge is 0.307 e. The van der Waals surface area contributed by atoms with Crippen molar-refractivity contribution in [2.45, 2.75) is 117 Å². The van der Waals surface area contributed by atoms with Gasteiger partial charge in [0.1, 0.15) is 5.78 Å². The van der Waals surface area contributed by atoms with Crippen molar-refractivity contribution in [2.24, 2.45) is 41.4 Å². The molecule has 1 aromatic rings. The van der Waals surface area contributed by atoms with Crippen LogP contribution < -0.4 is 0 Å². The van der Waals surface area contributed by atoms with Gasteiger partial charge in [-0.2, -0.15) is 5.26 Å². The lowest BCUT2D eigenvalue weighted by Crippen LogP contribution is -2.54. The highest BCUT2D eigenvalue weighted by atomic mass is 16.5. The molecule has 0 saturated carbocycles. The van der Waals surface area contributed by atoms with Crippen LogP contribution in [0.15, 0.2) is 30.3 Å². The molecule has 0 aliphatic carbocycles. The van der Waals surface area contributed by atoms with Gasteiger partial charge in [-0.25, -0.2) is 0 Å².